The average Bonchev–Trinajstić information content (AvgIpc) is 3.09. The van der Waals surface area contributed by atoms with E-state index >= 15 is 0 Å². The van der Waals surface area contributed by atoms with Crippen LogP contribution in [0.25, 0.3) is 0 Å². The molecule has 1 fully saturated rings. The molecule has 0 aromatic carbocycles. The van der Waals surface area contributed by atoms with Gasteiger partial charge in [0.25, 0.3) is 0 Å². The van der Waals surface area contributed by atoms with Crippen LogP contribution in [-0.4, -0.2) is 74.9 Å². The summed E-state index contributed by atoms with van der Waals surface area (Å²) in [5.74, 6) is 0.433. The number of carbonyl (C=O) groups is 1. The predicted molar refractivity (Wildman–Crippen MR) is 112 cm³/mol. The number of guanidine groups is 1. The van der Waals surface area contributed by atoms with Crippen LogP contribution in [0.1, 0.15) is 53.1 Å². The summed E-state index contributed by atoms with van der Waals surface area (Å²) in [5.41, 5.74) is 0.707. The molecule has 1 aliphatic rings. The van der Waals surface area contributed by atoms with Gasteiger partial charge < -0.3 is 20.1 Å². The number of nitrogens with zero attached hydrogens (tertiary/aromatic N) is 3. The Morgan fingerprint density at radius 2 is 2.14 bits per heavy atom. The van der Waals surface area contributed by atoms with Crippen molar-refractivity contribution in [2.24, 2.45) is 4.99 Å². The molecule has 0 radical (unpaired) electrons. The molecule has 2 N–H and O–H groups in total. The van der Waals surface area contributed by atoms with Gasteiger partial charge in [0.05, 0.1) is 31.6 Å². The highest BCUT2D eigenvalue weighted by Crippen LogP contribution is 2.24. The van der Waals surface area contributed by atoms with Crippen molar-refractivity contribution in [1.29, 1.82) is 0 Å². The molecule has 1 unspecified atom stereocenters. The molecule has 9 heteroatoms. The quantitative estimate of drug-likeness (QED) is 0.278. The second kappa shape index (κ2) is 12.0. The Labute approximate surface area is 171 Å². The van der Waals surface area contributed by atoms with Crippen LogP contribution in [0.2, 0.25) is 0 Å². The summed E-state index contributed by atoms with van der Waals surface area (Å²) in [4.78, 5) is 23.8. The number of morpholine rings is 1. The molecule has 1 aliphatic heterocycles. The van der Waals surface area contributed by atoms with Gasteiger partial charge in [-0.1, -0.05) is 0 Å². The van der Waals surface area contributed by atoms with Gasteiger partial charge in [-0.25, -0.2) is 9.78 Å². The van der Waals surface area contributed by atoms with Crippen molar-refractivity contribution in [2.75, 3.05) is 53.0 Å². The maximum atomic E-state index is 12.0. The molecule has 0 spiro atoms. The number of hydrogen-bond acceptors (Lipinski definition) is 7. The first-order chi connectivity index (χ1) is 13.5. The maximum Gasteiger partial charge on any atom is 0.350 e. The van der Waals surface area contributed by atoms with Crippen molar-refractivity contribution in [3.63, 3.8) is 0 Å². The minimum absolute atomic E-state index is 0.0496. The number of ether oxygens (including phenoxy) is 2. The summed E-state index contributed by atoms with van der Waals surface area (Å²) in [6.07, 6.45) is 2.23. The largest absolute Gasteiger partial charge is 0.462 e. The highest BCUT2D eigenvalue weighted by Gasteiger charge is 2.20. The number of aryl methyl sites for hydroxylation is 1. The van der Waals surface area contributed by atoms with Gasteiger partial charge >= 0.3 is 5.97 Å². The Kier molecular flexibility index (Phi) is 9.66. The lowest BCUT2D eigenvalue weighted by atomic mass is 10.2. The summed E-state index contributed by atoms with van der Waals surface area (Å²) in [6, 6.07) is -0.0496. The van der Waals surface area contributed by atoms with E-state index in [0.717, 1.165) is 63.2 Å². The van der Waals surface area contributed by atoms with E-state index in [1.54, 1.807) is 14.0 Å². The minimum atomic E-state index is -0.307. The lowest BCUT2D eigenvalue weighted by Crippen LogP contribution is -2.39. The zero-order valence-corrected chi connectivity index (χ0v) is 18.2. The summed E-state index contributed by atoms with van der Waals surface area (Å²) < 4.78 is 10.5. The summed E-state index contributed by atoms with van der Waals surface area (Å²) in [5, 5.41) is 7.54. The van der Waals surface area contributed by atoms with Crippen molar-refractivity contribution in [3.8, 4) is 0 Å². The number of unbranched alkanes of at least 4 members (excludes halogenated alkanes) is 1. The van der Waals surface area contributed by atoms with Crippen molar-refractivity contribution in [3.05, 3.63) is 15.6 Å². The second-order valence-electron chi connectivity index (χ2n) is 6.71. The van der Waals surface area contributed by atoms with Crippen molar-refractivity contribution >= 4 is 23.3 Å². The van der Waals surface area contributed by atoms with Crippen LogP contribution < -0.4 is 10.6 Å². The number of aromatic nitrogens is 1. The van der Waals surface area contributed by atoms with Crippen molar-refractivity contribution < 1.29 is 14.3 Å². The molecule has 158 valence electrons. The summed E-state index contributed by atoms with van der Waals surface area (Å²) >= 11 is 1.37. The number of nitrogens with one attached hydrogen (secondary N) is 2. The van der Waals surface area contributed by atoms with Gasteiger partial charge in [0.1, 0.15) is 9.88 Å². The molecule has 0 bridgehead atoms. The first-order valence-corrected chi connectivity index (χ1v) is 10.8. The lowest BCUT2D eigenvalue weighted by molar-refractivity contribution is 0.0372. The SMILES string of the molecule is CCOC(=O)c1sc(C(C)NC(=NC)NCCCCN2CCOCC2)nc1C. The zero-order valence-electron chi connectivity index (χ0n) is 17.4. The molecular weight excluding hydrogens is 378 g/mol. The van der Waals surface area contributed by atoms with Gasteiger partial charge in [-0.15, -0.1) is 11.3 Å². The third kappa shape index (κ3) is 7.03. The van der Waals surface area contributed by atoms with E-state index in [4.69, 9.17) is 9.47 Å². The van der Waals surface area contributed by atoms with E-state index in [1.165, 1.54) is 11.3 Å². The Bertz CT molecular complexity index is 644. The van der Waals surface area contributed by atoms with Gasteiger partial charge in [0.2, 0.25) is 0 Å². The second-order valence-corrected chi connectivity index (χ2v) is 7.74. The first-order valence-electron chi connectivity index (χ1n) is 9.96. The third-order valence-corrected chi connectivity index (χ3v) is 5.84. The van der Waals surface area contributed by atoms with E-state index in [2.05, 4.69) is 25.5 Å². The molecular formula is C19H33N5O3S. The zero-order chi connectivity index (χ0) is 20.4. The molecule has 8 nitrogen and oxygen atoms in total. The monoisotopic (exact) mass is 411 g/mol. The molecule has 0 amide bonds. The summed E-state index contributed by atoms with van der Waals surface area (Å²) in [6.45, 7) is 11.8. The van der Waals surface area contributed by atoms with E-state index in [1.807, 2.05) is 13.8 Å². The third-order valence-electron chi connectivity index (χ3n) is 4.52. The molecule has 2 heterocycles. The molecule has 1 aromatic heterocycles. The molecule has 0 aliphatic carbocycles. The van der Waals surface area contributed by atoms with E-state index in [0.29, 0.717) is 17.2 Å². The topological polar surface area (TPSA) is 88.1 Å². The maximum absolute atomic E-state index is 12.0. The highest BCUT2D eigenvalue weighted by molar-refractivity contribution is 7.13. The standard InChI is InChI=1S/C19H33N5O3S/c1-5-27-18(25)16-14(2)22-17(28-16)15(3)23-19(20-4)21-8-6-7-9-24-10-12-26-13-11-24/h15H,5-13H2,1-4H3,(H2,20,21,23). The van der Waals surface area contributed by atoms with Gasteiger partial charge in [0, 0.05) is 26.7 Å². The fraction of sp³-hybridized carbons (Fsp3) is 0.737. The van der Waals surface area contributed by atoms with Crippen LogP contribution in [0, 0.1) is 6.92 Å². The van der Waals surface area contributed by atoms with Crippen LogP contribution in [0.15, 0.2) is 4.99 Å². The Hall–Kier alpha value is -1.71. The predicted octanol–water partition coefficient (Wildman–Crippen LogP) is 1.97. The number of thiazole rings is 1. The minimum Gasteiger partial charge on any atom is -0.462 e. The van der Waals surface area contributed by atoms with Crippen molar-refractivity contribution in [1.82, 2.24) is 20.5 Å². The molecule has 0 saturated carbocycles. The smallest absolute Gasteiger partial charge is 0.350 e. The van der Waals surface area contributed by atoms with E-state index < -0.39 is 0 Å². The normalized spacial score (nSPS) is 16.6. The fourth-order valence-electron chi connectivity index (χ4n) is 2.94. The number of hydrogen-bond donors (Lipinski definition) is 2. The van der Waals surface area contributed by atoms with Crippen LogP contribution >= 0.6 is 11.3 Å². The number of esters is 1. The van der Waals surface area contributed by atoms with E-state index in [-0.39, 0.29) is 12.0 Å². The fourth-order valence-corrected chi connectivity index (χ4v) is 3.90. The number of carbonyl (C=O) groups excluding carboxylic acids is 1. The molecule has 1 saturated heterocycles. The number of rotatable bonds is 9. The van der Waals surface area contributed by atoms with Crippen LogP contribution in [0.5, 0.6) is 0 Å². The van der Waals surface area contributed by atoms with E-state index in [9.17, 15) is 4.79 Å². The first kappa shape index (κ1) is 22.6. The van der Waals surface area contributed by atoms with Gasteiger partial charge in [-0.05, 0) is 40.2 Å². The van der Waals surface area contributed by atoms with Crippen LogP contribution in [0.4, 0.5) is 0 Å². The van der Waals surface area contributed by atoms with Crippen molar-refractivity contribution in [2.45, 2.75) is 39.7 Å². The Morgan fingerprint density at radius 3 is 2.82 bits per heavy atom. The average molecular weight is 412 g/mol. The van der Waals surface area contributed by atoms with Gasteiger partial charge in [-0.2, -0.15) is 0 Å². The molecule has 28 heavy (non-hydrogen) atoms. The molecule has 2 rings (SSSR count). The summed E-state index contributed by atoms with van der Waals surface area (Å²) in [7, 11) is 1.76. The Balaban J connectivity index is 1.74. The van der Waals surface area contributed by atoms with Gasteiger partial charge in [0.15, 0.2) is 5.96 Å². The number of aliphatic imine (C=N–C) groups is 1. The molecule has 1 aromatic rings. The Morgan fingerprint density at radius 1 is 1.39 bits per heavy atom. The van der Waals surface area contributed by atoms with Gasteiger partial charge in [-0.3, -0.25) is 9.89 Å². The molecule has 1 atom stereocenters. The lowest BCUT2D eigenvalue weighted by Gasteiger charge is -2.26. The van der Waals surface area contributed by atoms with Crippen LogP contribution in [0.3, 0.4) is 0 Å². The van der Waals surface area contributed by atoms with Crippen LogP contribution in [-0.2, 0) is 9.47 Å². The highest BCUT2D eigenvalue weighted by atomic mass is 32.1.